The number of methoxy groups -OCH3 is 2. The van der Waals surface area contributed by atoms with Crippen molar-refractivity contribution < 1.29 is 19.1 Å². The first-order valence-electron chi connectivity index (χ1n) is 9.69. The Morgan fingerprint density at radius 1 is 0.903 bits per heavy atom. The maximum absolute atomic E-state index is 13.5. The van der Waals surface area contributed by atoms with Gasteiger partial charge in [-0.1, -0.05) is 30.3 Å². The molecule has 0 atom stereocenters. The zero-order valence-corrected chi connectivity index (χ0v) is 18.3. The average molecular weight is 435 g/mol. The third-order valence-corrected chi connectivity index (χ3v) is 6.07. The summed E-state index contributed by atoms with van der Waals surface area (Å²) in [7, 11) is 4.93. The highest BCUT2D eigenvalue weighted by Crippen LogP contribution is 2.36. The fraction of sp³-hybridized carbons (Fsp3) is 0.167. The largest absolute Gasteiger partial charge is 0.493 e. The highest BCUT2D eigenvalue weighted by atomic mass is 32.1. The van der Waals surface area contributed by atoms with Gasteiger partial charge in [0.15, 0.2) is 11.5 Å². The van der Waals surface area contributed by atoms with Gasteiger partial charge in [0.25, 0.3) is 11.8 Å². The summed E-state index contributed by atoms with van der Waals surface area (Å²) in [6.07, 6.45) is 0. The number of carbonyl (C=O) groups excluding carboxylic acids is 2. The minimum atomic E-state index is -0.325. The number of carbonyl (C=O) groups is 2. The van der Waals surface area contributed by atoms with Crippen LogP contribution in [0.4, 0.5) is 5.69 Å². The number of hydrogen-bond acceptors (Lipinski definition) is 6. The van der Waals surface area contributed by atoms with Crippen LogP contribution in [0.25, 0.3) is 5.57 Å². The molecule has 0 aliphatic carbocycles. The number of imide groups is 1. The van der Waals surface area contributed by atoms with Gasteiger partial charge in [-0.3, -0.25) is 14.5 Å². The summed E-state index contributed by atoms with van der Waals surface area (Å²) in [6.45, 7) is 0.138. The van der Waals surface area contributed by atoms with Gasteiger partial charge in [0, 0.05) is 17.6 Å². The maximum atomic E-state index is 13.5. The Balaban J connectivity index is 1.72. The van der Waals surface area contributed by atoms with Gasteiger partial charge in [-0.2, -0.15) is 0 Å². The first-order chi connectivity index (χ1) is 15.0. The average Bonchev–Trinajstić information content (AvgIpc) is 3.41. The number of ether oxygens (including phenoxy) is 2. The van der Waals surface area contributed by atoms with Gasteiger partial charge < -0.3 is 14.4 Å². The molecule has 0 radical (unpaired) electrons. The molecule has 2 heterocycles. The van der Waals surface area contributed by atoms with E-state index in [1.807, 2.05) is 61.0 Å². The van der Waals surface area contributed by atoms with Crippen LogP contribution < -0.4 is 14.4 Å². The highest BCUT2D eigenvalue weighted by Gasteiger charge is 2.41. The molecule has 2 aromatic carbocycles. The Kier molecular flexibility index (Phi) is 5.77. The summed E-state index contributed by atoms with van der Waals surface area (Å²) in [6, 6.07) is 18.7. The topological polar surface area (TPSA) is 59.1 Å². The Morgan fingerprint density at radius 2 is 1.65 bits per heavy atom. The van der Waals surface area contributed by atoms with Crippen molar-refractivity contribution in [2.75, 3.05) is 26.2 Å². The fourth-order valence-electron chi connectivity index (χ4n) is 3.60. The monoisotopic (exact) mass is 434 g/mol. The van der Waals surface area contributed by atoms with E-state index in [2.05, 4.69) is 0 Å². The van der Waals surface area contributed by atoms with Crippen molar-refractivity contribution in [3.63, 3.8) is 0 Å². The zero-order valence-electron chi connectivity index (χ0n) is 17.5. The molecule has 1 aliphatic heterocycles. The molecule has 31 heavy (non-hydrogen) atoms. The Bertz CT molecular complexity index is 1140. The summed E-state index contributed by atoms with van der Waals surface area (Å²) >= 11 is 1.44. The molecule has 6 nitrogen and oxygen atoms in total. The van der Waals surface area contributed by atoms with Crippen molar-refractivity contribution in [2.24, 2.45) is 0 Å². The quantitative estimate of drug-likeness (QED) is 0.522. The van der Waals surface area contributed by atoms with Gasteiger partial charge in [-0.05, 0) is 41.3 Å². The lowest BCUT2D eigenvalue weighted by atomic mass is 10.1. The maximum Gasteiger partial charge on any atom is 0.278 e. The number of thiophene rings is 1. The molecular weight excluding hydrogens is 412 g/mol. The van der Waals surface area contributed by atoms with Crippen molar-refractivity contribution in [1.82, 2.24) is 4.90 Å². The standard InChI is InChI=1S/C24H22N2O4S/c1-25(17-8-5-4-6-9-17)22-21(20-10-7-13-31-20)23(27)26(24(22)28)15-16-11-12-18(29-2)19(14-16)30-3/h4-14H,15H2,1-3H3. The number of para-hydroxylation sites is 1. The summed E-state index contributed by atoms with van der Waals surface area (Å²) < 4.78 is 10.6. The number of hydrogen-bond donors (Lipinski definition) is 0. The van der Waals surface area contributed by atoms with E-state index in [4.69, 9.17) is 9.47 Å². The number of likely N-dealkylation sites (N-methyl/N-ethyl adjacent to an activating group) is 1. The second kappa shape index (κ2) is 8.65. The molecule has 1 aliphatic rings. The Hall–Kier alpha value is -3.58. The summed E-state index contributed by atoms with van der Waals surface area (Å²) in [4.78, 5) is 30.7. The molecule has 3 aromatic rings. The molecule has 1 aromatic heterocycles. The molecule has 4 rings (SSSR count). The summed E-state index contributed by atoms with van der Waals surface area (Å²) in [5.74, 6) is 0.508. The van der Waals surface area contributed by atoms with E-state index in [1.54, 1.807) is 31.3 Å². The third-order valence-electron chi connectivity index (χ3n) is 5.18. The molecule has 7 heteroatoms. The SMILES string of the molecule is COc1ccc(CN2C(=O)C(c3cccs3)=C(N(C)c3ccccc3)C2=O)cc1OC. The first kappa shape index (κ1) is 20.7. The second-order valence-electron chi connectivity index (χ2n) is 6.98. The van der Waals surface area contributed by atoms with Crippen LogP contribution in [0, 0.1) is 0 Å². The highest BCUT2D eigenvalue weighted by molar-refractivity contribution is 7.11. The van der Waals surface area contributed by atoms with E-state index in [-0.39, 0.29) is 18.4 Å². The number of benzene rings is 2. The van der Waals surface area contributed by atoms with Crippen molar-refractivity contribution in [1.29, 1.82) is 0 Å². The molecule has 0 fully saturated rings. The van der Waals surface area contributed by atoms with E-state index >= 15 is 0 Å². The van der Waals surface area contributed by atoms with Crippen LogP contribution in [0.2, 0.25) is 0 Å². The smallest absolute Gasteiger partial charge is 0.278 e. The van der Waals surface area contributed by atoms with Crippen LogP contribution in [0.3, 0.4) is 0 Å². The summed E-state index contributed by atoms with van der Waals surface area (Å²) in [5, 5.41) is 1.90. The third kappa shape index (κ3) is 3.80. The van der Waals surface area contributed by atoms with Crippen molar-refractivity contribution >= 4 is 34.4 Å². The second-order valence-corrected chi connectivity index (χ2v) is 7.93. The predicted molar refractivity (Wildman–Crippen MR) is 121 cm³/mol. The molecule has 158 valence electrons. The minimum Gasteiger partial charge on any atom is -0.493 e. The van der Waals surface area contributed by atoms with Gasteiger partial charge in [0.1, 0.15) is 5.70 Å². The van der Waals surface area contributed by atoms with E-state index in [0.29, 0.717) is 22.8 Å². The van der Waals surface area contributed by atoms with E-state index < -0.39 is 0 Å². The molecule has 0 saturated heterocycles. The fourth-order valence-corrected chi connectivity index (χ4v) is 4.37. The minimum absolute atomic E-state index is 0.138. The Morgan fingerprint density at radius 3 is 2.29 bits per heavy atom. The summed E-state index contributed by atoms with van der Waals surface area (Å²) in [5.41, 5.74) is 2.40. The number of anilines is 1. The van der Waals surface area contributed by atoms with Crippen LogP contribution >= 0.6 is 11.3 Å². The van der Waals surface area contributed by atoms with Gasteiger partial charge in [0.05, 0.1) is 26.3 Å². The van der Waals surface area contributed by atoms with Crippen LogP contribution in [0.15, 0.2) is 71.7 Å². The van der Waals surface area contributed by atoms with Gasteiger partial charge in [-0.15, -0.1) is 11.3 Å². The normalized spacial score (nSPS) is 13.7. The number of amides is 2. The number of rotatable bonds is 7. The van der Waals surface area contributed by atoms with Crippen molar-refractivity contribution in [3.8, 4) is 11.5 Å². The number of nitrogens with zero attached hydrogens (tertiary/aromatic N) is 2. The van der Waals surface area contributed by atoms with Crippen LogP contribution in [0.5, 0.6) is 11.5 Å². The van der Waals surface area contributed by atoms with Gasteiger partial charge in [0.2, 0.25) is 0 Å². The van der Waals surface area contributed by atoms with Gasteiger partial charge >= 0.3 is 0 Å². The lowest BCUT2D eigenvalue weighted by Gasteiger charge is -2.21. The van der Waals surface area contributed by atoms with Crippen LogP contribution in [0.1, 0.15) is 10.4 Å². The molecular formula is C24H22N2O4S. The molecule has 2 amide bonds. The lowest BCUT2D eigenvalue weighted by Crippen LogP contribution is -2.33. The van der Waals surface area contributed by atoms with Crippen molar-refractivity contribution in [2.45, 2.75) is 6.54 Å². The lowest BCUT2D eigenvalue weighted by molar-refractivity contribution is -0.137. The first-order valence-corrected chi connectivity index (χ1v) is 10.6. The predicted octanol–water partition coefficient (Wildman–Crippen LogP) is 4.18. The van der Waals surface area contributed by atoms with Crippen LogP contribution in [-0.4, -0.2) is 38.0 Å². The van der Waals surface area contributed by atoms with Crippen LogP contribution in [-0.2, 0) is 16.1 Å². The molecule has 0 bridgehead atoms. The van der Waals surface area contributed by atoms with Crippen molar-refractivity contribution in [3.05, 3.63) is 82.2 Å². The molecule has 0 N–H and O–H groups in total. The van der Waals surface area contributed by atoms with Gasteiger partial charge in [-0.25, -0.2) is 0 Å². The molecule has 0 saturated carbocycles. The zero-order chi connectivity index (χ0) is 22.0. The van der Waals surface area contributed by atoms with E-state index in [0.717, 1.165) is 16.1 Å². The molecule has 0 unspecified atom stereocenters. The van der Waals surface area contributed by atoms with E-state index in [1.165, 1.54) is 16.2 Å². The molecule has 0 spiro atoms. The Labute approximate surface area is 184 Å². The van der Waals surface area contributed by atoms with E-state index in [9.17, 15) is 9.59 Å².